The van der Waals surface area contributed by atoms with Crippen LogP contribution in [0, 0.1) is 5.41 Å². The van der Waals surface area contributed by atoms with E-state index in [4.69, 9.17) is 14.6 Å². The second kappa shape index (κ2) is 11.0. The summed E-state index contributed by atoms with van der Waals surface area (Å²) >= 11 is 0. The number of carbonyl (C=O) groups is 3. The molecular weight excluding hydrogens is 388 g/mol. The Bertz CT molecular complexity index is 705. The van der Waals surface area contributed by atoms with Crippen LogP contribution >= 0.6 is 0 Å². The van der Waals surface area contributed by atoms with Crippen LogP contribution in [0.15, 0.2) is 24.5 Å². The third-order valence-electron chi connectivity index (χ3n) is 5.57. The number of likely N-dealkylation sites (N-methyl/N-ethyl adjacent to an activating group) is 2. The van der Waals surface area contributed by atoms with Gasteiger partial charge in [0.25, 0.3) is 6.47 Å². The summed E-state index contributed by atoms with van der Waals surface area (Å²) in [5.41, 5.74) is 0.749. The lowest BCUT2D eigenvalue weighted by molar-refractivity contribution is -0.152. The second-order valence-electron chi connectivity index (χ2n) is 8.29. The Morgan fingerprint density at radius 1 is 1.30 bits per heavy atom. The average Bonchev–Trinajstić information content (AvgIpc) is 2.97. The lowest BCUT2D eigenvalue weighted by Crippen LogP contribution is -2.47. The maximum Gasteiger partial charge on any atom is 0.312 e. The van der Waals surface area contributed by atoms with Gasteiger partial charge in [-0.2, -0.15) is 0 Å². The first-order chi connectivity index (χ1) is 14.3. The number of pyridine rings is 1. The zero-order chi connectivity index (χ0) is 22.1. The minimum Gasteiger partial charge on any atom is -0.483 e. The molecule has 1 N–H and O–H groups in total. The van der Waals surface area contributed by atoms with Gasteiger partial charge in [-0.3, -0.25) is 24.3 Å². The largest absolute Gasteiger partial charge is 0.483 e. The molecule has 2 fully saturated rings. The molecule has 3 rings (SSSR count). The normalized spacial score (nSPS) is 20.1. The lowest BCUT2D eigenvalue weighted by atomic mass is 9.76. The number of amides is 1. The van der Waals surface area contributed by atoms with Crippen LogP contribution in [-0.2, 0) is 25.7 Å². The third kappa shape index (κ3) is 6.50. The van der Waals surface area contributed by atoms with Gasteiger partial charge in [0.2, 0.25) is 5.91 Å². The van der Waals surface area contributed by atoms with E-state index >= 15 is 0 Å². The van der Waals surface area contributed by atoms with Crippen molar-refractivity contribution in [2.45, 2.75) is 31.9 Å². The molecule has 1 aromatic rings. The highest BCUT2D eigenvalue weighted by atomic mass is 16.6. The molecule has 1 aromatic heterocycles. The second-order valence-corrected chi connectivity index (χ2v) is 8.29. The van der Waals surface area contributed by atoms with Crippen molar-refractivity contribution in [3.63, 3.8) is 0 Å². The first-order valence-corrected chi connectivity index (χ1v) is 10.1. The Kier molecular flexibility index (Phi) is 8.73. The molecule has 2 saturated heterocycles. The van der Waals surface area contributed by atoms with Crippen LogP contribution in [0.3, 0.4) is 0 Å². The average molecular weight is 421 g/mol. The Morgan fingerprint density at radius 2 is 1.90 bits per heavy atom. The van der Waals surface area contributed by atoms with Gasteiger partial charge in [0.05, 0.1) is 12.0 Å². The van der Waals surface area contributed by atoms with Crippen LogP contribution in [0.1, 0.15) is 24.8 Å². The monoisotopic (exact) mass is 420 g/mol. The van der Waals surface area contributed by atoms with Crippen molar-refractivity contribution in [2.24, 2.45) is 5.41 Å². The molecule has 1 unspecified atom stereocenters. The van der Waals surface area contributed by atoms with Crippen LogP contribution in [0.2, 0.25) is 0 Å². The number of aromatic nitrogens is 1. The molecule has 2 aliphatic heterocycles. The lowest BCUT2D eigenvalue weighted by Gasteiger charge is -2.37. The molecule has 0 radical (unpaired) electrons. The third-order valence-corrected chi connectivity index (χ3v) is 5.57. The molecule has 0 saturated carbocycles. The first kappa shape index (κ1) is 23.8. The summed E-state index contributed by atoms with van der Waals surface area (Å²) < 4.78 is 5.59. The summed E-state index contributed by atoms with van der Waals surface area (Å²) in [6, 6.07) is 3.92. The predicted molar refractivity (Wildman–Crippen MR) is 111 cm³/mol. The topological polar surface area (TPSA) is 103 Å². The minimum absolute atomic E-state index is 0.0266. The molecule has 1 atom stereocenters. The summed E-state index contributed by atoms with van der Waals surface area (Å²) in [6.45, 7) is 2.86. The molecule has 30 heavy (non-hydrogen) atoms. The number of rotatable bonds is 6. The molecule has 166 valence electrons. The number of ether oxygens (including phenoxy) is 1. The highest BCUT2D eigenvalue weighted by Crippen LogP contribution is 2.43. The zero-order valence-electron chi connectivity index (χ0n) is 18.0. The van der Waals surface area contributed by atoms with Gasteiger partial charge in [-0.1, -0.05) is 0 Å². The van der Waals surface area contributed by atoms with Crippen molar-refractivity contribution in [2.75, 3.05) is 47.3 Å². The quantitative estimate of drug-likeness (QED) is 0.530. The molecular formula is C21H32N4O5. The maximum absolute atomic E-state index is 12.6. The maximum atomic E-state index is 12.6. The number of hydrogen-bond acceptors (Lipinski definition) is 7. The van der Waals surface area contributed by atoms with Gasteiger partial charge in [-0.05, 0) is 51.7 Å². The summed E-state index contributed by atoms with van der Waals surface area (Å²) in [5, 5.41) is 6.89. The van der Waals surface area contributed by atoms with Crippen molar-refractivity contribution in [3.8, 4) is 0 Å². The number of hydrogen-bond donors (Lipinski definition) is 1. The Balaban J connectivity index is 0.00000101. The van der Waals surface area contributed by atoms with Crippen molar-refractivity contribution >= 4 is 18.3 Å². The molecule has 1 amide bonds. The molecule has 0 aromatic carbocycles. The smallest absolute Gasteiger partial charge is 0.312 e. The summed E-state index contributed by atoms with van der Waals surface area (Å²) in [6.07, 6.45) is 5.68. The van der Waals surface area contributed by atoms with Gasteiger partial charge >= 0.3 is 5.97 Å². The fourth-order valence-electron chi connectivity index (χ4n) is 4.13. The first-order valence-electron chi connectivity index (χ1n) is 10.1. The van der Waals surface area contributed by atoms with Gasteiger partial charge in [-0.25, -0.2) is 0 Å². The molecule has 0 aliphatic carbocycles. The van der Waals surface area contributed by atoms with Gasteiger partial charge < -0.3 is 19.6 Å². The molecule has 9 heteroatoms. The van der Waals surface area contributed by atoms with E-state index in [1.807, 2.05) is 48.0 Å². The SMILES string of the molecule is CN(C)CC1CC2(CCN(C(=O)CN(C)Cc3ccncc3)CC2)C(=O)O1.O=CO. The Morgan fingerprint density at radius 3 is 2.47 bits per heavy atom. The van der Waals surface area contributed by atoms with Crippen LogP contribution in [0.5, 0.6) is 0 Å². The van der Waals surface area contributed by atoms with Gasteiger partial charge in [0.15, 0.2) is 0 Å². The summed E-state index contributed by atoms with van der Waals surface area (Å²) in [7, 11) is 5.93. The van der Waals surface area contributed by atoms with Crippen LogP contribution in [-0.4, -0.2) is 96.6 Å². The van der Waals surface area contributed by atoms with Crippen LogP contribution < -0.4 is 0 Å². The zero-order valence-corrected chi connectivity index (χ0v) is 18.0. The fraction of sp³-hybridized carbons (Fsp3) is 0.619. The van der Waals surface area contributed by atoms with E-state index < -0.39 is 0 Å². The Labute approximate surface area is 177 Å². The highest BCUT2D eigenvalue weighted by molar-refractivity contribution is 5.81. The van der Waals surface area contributed by atoms with E-state index in [9.17, 15) is 9.59 Å². The number of nitrogens with zero attached hydrogens (tertiary/aromatic N) is 4. The van der Waals surface area contributed by atoms with Gasteiger partial charge in [-0.15, -0.1) is 0 Å². The summed E-state index contributed by atoms with van der Waals surface area (Å²) in [5.74, 6) is 0.0499. The predicted octanol–water partition coefficient (Wildman–Crippen LogP) is 0.700. The molecule has 0 bridgehead atoms. The molecule has 2 aliphatic rings. The van der Waals surface area contributed by atoms with E-state index in [0.717, 1.165) is 18.5 Å². The van der Waals surface area contributed by atoms with Gasteiger partial charge in [0.1, 0.15) is 6.10 Å². The highest BCUT2D eigenvalue weighted by Gasteiger charge is 2.50. The Hall–Kier alpha value is -2.52. The van der Waals surface area contributed by atoms with E-state index in [2.05, 4.69) is 4.98 Å². The van der Waals surface area contributed by atoms with Crippen molar-refractivity contribution in [1.29, 1.82) is 0 Å². The van der Waals surface area contributed by atoms with Crippen molar-refractivity contribution < 1.29 is 24.2 Å². The van der Waals surface area contributed by atoms with E-state index in [1.54, 1.807) is 12.4 Å². The van der Waals surface area contributed by atoms with E-state index in [0.29, 0.717) is 39.0 Å². The van der Waals surface area contributed by atoms with Crippen LogP contribution in [0.25, 0.3) is 0 Å². The summed E-state index contributed by atoms with van der Waals surface area (Å²) in [4.78, 5) is 43.4. The van der Waals surface area contributed by atoms with Crippen LogP contribution in [0.4, 0.5) is 0 Å². The standard InChI is InChI=1S/C20H30N4O3.CH2O2/c1-22(2)14-17-12-20(19(26)27-17)6-10-24(11-7-20)18(25)15-23(3)13-16-4-8-21-9-5-16;2-1-3/h4-5,8-9,17H,6-7,10-15H2,1-3H3;1H,(H,2,3). The number of cyclic esters (lactones) is 1. The van der Waals surface area contributed by atoms with Crippen molar-refractivity contribution in [3.05, 3.63) is 30.1 Å². The van der Waals surface area contributed by atoms with E-state index in [-0.39, 0.29) is 29.9 Å². The van der Waals surface area contributed by atoms with E-state index in [1.165, 1.54) is 0 Å². The molecule has 3 heterocycles. The minimum atomic E-state index is -0.388. The van der Waals surface area contributed by atoms with Gasteiger partial charge in [0, 0.05) is 45.0 Å². The number of esters is 1. The fourth-order valence-corrected chi connectivity index (χ4v) is 4.13. The number of likely N-dealkylation sites (tertiary alicyclic amines) is 1. The number of piperidine rings is 1. The van der Waals surface area contributed by atoms with Crippen molar-refractivity contribution in [1.82, 2.24) is 19.7 Å². The molecule has 1 spiro atoms. The number of carbonyl (C=O) groups excluding carboxylic acids is 2. The molecule has 9 nitrogen and oxygen atoms in total. The number of carboxylic acid groups (broad SMARTS) is 1.